The standard InChI is InChI=1S/C20H30ClN5O2/c1-22-20(26-8-7-16(14-26)15-28-2)23-13-19(27)25-11-9-24(10-12-25)18-5-3-17(21)4-6-18/h3-6,16H,7-15H2,1-2H3,(H,22,23). The molecular formula is C20H30ClN5O2. The maximum atomic E-state index is 12.6. The van der Waals surface area contributed by atoms with E-state index in [1.54, 1.807) is 14.2 Å². The molecule has 1 amide bonds. The van der Waals surface area contributed by atoms with Crippen LogP contribution in [0.2, 0.25) is 5.02 Å². The number of carbonyl (C=O) groups excluding carboxylic acids is 1. The zero-order valence-electron chi connectivity index (χ0n) is 16.7. The maximum Gasteiger partial charge on any atom is 0.242 e. The van der Waals surface area contributed by atoms with Crippen LogP contribution < -0.4 is 10.2 Å². The number of carbonyl (C=O) groups is 1. The largest absolute Gasteiger partial charge is 0.384 e. The van der Waals surface area contributed by atoms with E-state index in [1.165, 1.54) is 0 Å². The van der Waals surface area contributed by atoms with E-state index in [2.05, 4.69) is 20.1 Å². The molecule has 2 fully saturated rings. The van der Waals surface area contributed by atoms with Crippen LogP contribution in [0.3, 0.4) is 0 Å². The molecular weight excluding hydrogens is 378 g/mol. The molecule has 2 aliphatic rings. The molecule has 0 aromatic heterocycles. The summed E-state index contributed by atoms with van der Waals surface area (Å²) in [5.74, 6) is 1.44. The van der Waals surface area contributed by atoms with Crippen molar-refractivity contribution in [2.45, 2.75) is 6.42 Å². The zero-order valence-corrected chi connectivity index (χ0v) is 17.5. The molecule has 2 aliphatic heterocycles. The van der Waals surface area contributed by atoms with Crippen molar-refractivity contribution < 1.29 is 9.53 Å². The van der Waals surface area contributed by atoms with Crippen LogP contribution in [0.15, 0.2) is 29.3 Å². The van der Waals surface area contributed by atoms with Crippen molar-refractivity contribution in [2.75, 3.05) is 71.5 Å². The molecule has 0 radical (unpaired) electrons. The third-order valence-corrected chi connectivity index (χ3v) is 5.67. The summed E-state index contributed by atoms with van der Waals surface area (Å²) >= 11 is 5.96. The van der Waals surface area contributed by atoms with Crippen LogP contribution in [0.25, 0.3) is 0 Å². The van der Waals surface area contributed by atoms with E-state index in [0.717, 1.165) is 69.0 Å². The molecule has 1 atom stereocenters. The lowest BCUT2D eigenvalue weighted by atomic mass is 10.1. The van der Waals surface area contributed by atoms with Crippen molar-refractivity contribution >= 4 is 29.2 Å². The molecule has 1 N–H and O–H groups in total. The number of nitrogens with one attached hydrogen (secondary N) is 1. The molecule has 1 aromatic rings. The van der Waals surface area contributed by atoms with Crippen molar-refractivity contribution in [3.05, 3.63) is 29.3 Å². The average Bonchev–Trinajstić information content (AvgIpc) is 3.18. The van der Waals surface area contributed by atoms with Gasteiger partial charge in [-0.2, -0.15) is 0 Å². The van der Waals surface area contributed by atoms with Gasteiger partial charge in [-0.25, -0.2) is 0 Å². The highest BCUT2D eigenvalue weighted by Crippen LogP contribution is 2.19. The Hall–Kier alpha value is -1.99. The molecule has 7 nitrogen and oxygen atoms in total. The molecule has 0 spiro atoms. The predicted octanol–water partition coefficient (Wildman–Crippen LogP) is 1.53. The number of nitrogens with zero attached hydrogens (tertiary/aromatic N) is 4. The number of likely N-dealkylation sites (tertiary alicyclic amines) is 1. The first-order valence-corrected chi connectivity index (χ1v) is 10.2. The Balaban J connectivity index is 1.43. The van der Waals surface area contributed by atoms with E-state index >= 15 is 0 Å². The fourth-order valence-corrected chi connectivity index (χ4v) is 3.99. The van der Waals surface area contributed by atoms with E-state index in [9.17, 15) is 4.79 Å². The Morgan fingerprint density at radius 1 is 1.18 bits per heavy atom. The Bertz CT molecular complexity index is 674. The zero-order chi connectivity index (χ0) is 19.9. The quantitative estimate of drug-likeness (QED) is 0.592. The van der Waals surface area contributed by atoms with Crippen LogP contribution in [0.5, 0.6) is 0 Å². The van der Waals surface area contributed by atoms with Crippen LogP contribution >= 0.6 is 11.6 Å². The molecule has 154 valence electrons. The van der Waals surface area contributed by atoms with Gasteiger partial charge in [0.05, 0.1) is 13.2 Å². The van der Waals surface area contributed by atoms with Gasteiger partial charge in [0.25, 0.3) is 0 Å². The number of guanidine groups is 1. The normalized spacial score (nSPS) is 20.6. The van der Waals surface area contributed by atoms with Crippen molar-refractivity contribution in [2.24, 2.45) is 10.9 Å². The SMILES string of the molecule is CN=C(NCC(=O)N1CCN(c2ccc(Cl)cc2)CC1)N1CCC(COC)C1. The predicted molar refractivity (Wildman–Crippen MR) is 113 cm³/mol. The number of ether oxygens (including phenoxy) is 1. The van der Waals surface area contributed by atoms with Crippen molar-refractivity contribution in [3.8, 4) is 0 Å². The number of benzene rings is 1. The molecule has 2 heterocycles. The number of piperazine rings is 1. The van der Waals surface area contributed by atoms with Gasteiger partial charge in [-0.05, 0) is 30.7 Å². The third-order valence-electron chi connectivity index (χ3n) is 5.42. The Kier molecular flexibility index (Phi) is 7.39. The van der Waals surface area contributed by atoms with E-state index in [1.807, 2.05) is 29.2 Å². The number of halogens is 1. The smallest absolute Gasteiger partial charge is 0.242 e. The molecule has 8 heteroatoms. The summed E-state index contributed by atoms with van der Waals surface area (Å²) in [6.45, 7) is 6.01. The van der Waals surface area contributed by atoms with Crippen molar-refractivity contribution in [3.63, 3.8) is 0 Å². The fourth-order valence-electron chi connectivity index (χ4n) is 3.86. The molecule has 3 rings (SSSR count). The van der Waals surface area contributed by atoms with Crippen LogP contribution in [0.1, 0.15) is 6.42 Å². The van der Waals surface area contributed by atoms with Gasteiger partial charge in [0.1, 0.15) is 0 Å². The van der Waals surface area contributed by atoms with Gasteiger partial charge in [-0.3, -0.25) is 9.79 Å². The number of methoxy groups -OCH3 is 1. The number of hydrogen-bond acceptors (Lipinski definition) is 4. The molecule has 0 bridgehead atoms. The van der Waals surface area contributed by atoms with Crippen LogP contribution in [0, 0.1) is 5.92 Å². The van der Waals surface area contributed by atoms with Gasteiger partial charge >= 0.3 is 0 Å². The highest BCUT2D eigenvalue weighted by atomic mass is 35.5. The summed E-state index contributed by atoms with van der Waals surface area (Å²) in [6, 6.07) is 7.86. The minimum absolute atomic E-state index is 0.115. The average molecular weight is 408 g/mol. The number of rotatable bonds is 5. The lowest BCUT2D eigenvalue weighted by Crippen LogP contribution is -2.52. The maximum absolute atomic E-state index is 12.6. The van der Waals surface area contributed by atoms with Crippen molar-refractivity contribution in [1.82, 2.24) is 15.1 Å². The second-order valence-corrected chi connectivity index (χ2v) is 7.74. The summed E-state index contributed by atoms with van der Waals surface area (Å²) in [5.41, 5.74) is 1.15. The first-order valence-electron chi connectivity index (χ1n) is 9.83. The second kappa shape index (κ2) is 9.98. The first-order chi connectivity index (χ1) is 13.6. The van der Waals surface area contributed by atoms with E-state index in [4.69, 9.17) is 16.3 Å². The van der Waals surface area contributed by atoms with Gasteiger partial charge < -0.3 is 24.8 Å². The number of anilines is 1. The highest BCUT2D eigenvalue weighted by Gasteiger charge is 2.26. The third kappa shape index (κ3) is 5.29. The molecule has 1 unspecified atom stereocenters. The Morgan fingerprint density at radius 2 is 1.89 bits per heavy atom. The van der Waals surface area contributed by atoms with Crippen LogP contribution in [-0.2, 0) is 9.53 Å². The summed E-state index contributed by atoms with van der Waals surface area (Å²) in [6.07, 6.45) is 1.09. The van der Waals surface area contributed by atoms with E-state index < -0.39 is 0 Å². The van der Waals surface area contributed by atoms with Crippen LogP contribution in [0.4, 0.5) is 5.69 Å². The van der Waals surface area contributed by atoms with E-state index in [-0.39, 0.29) is 12.5 Å². The van der Waals surface area contributed by atoms with E-state index in [0.29, 0.717) is 5.92 Å². The Morgan fingerprint density at radius 3 is 2.54 bits per heavy atom. The monoisotopic (exact) mass is 407 g/mol. The lowest BCUT2D eigenvalue weighted by Gasteiger charge is -2.36. The molecule has 0 aliphatic carbocycles. The minimum Gasteiger partial charge on any atom is -0.384 e. The van der Waals surface area contributed by atoms with Gasteiger partial charge in [0, 0.05) is 70.1 Å². The summed E-state index contributed by atoms with van der Waals surface area (Å²) in [5, 5.41) is 3.98. The van der Waals surface area contributed by atoms with Crippen molar-refractivity contribution in [1.29, 1.82) is 0 Å². The molecule has 2 saturated heterocycles. The summed E-state index contributed by atoms with van der Waals surface area (Å²) < 4.78 is 5.25. The molecule has 1 aromatic carbocycles. The van der Waals surface area contributed by atoms with Gasteiger partial charge in [-0.1, -0.05) is 11.6 Å². The summed E-state index contributed by atoms with van der Waals surface area (Å²) in [7, 11) is 3.50. The first kappa shape index (κ1) is 20.7. The van der Waals surface area contributed by atoms with Gasteiger partial charge in [0.2, 0.25) is 5.91 Å². The van der Waals surface area contributed by atoms with Gasteiger partial charge in [-0.15, -0.1) is 0 Å². The minimum atomic E-state index is 0.115. The number of amides is 1. The number of hydrogen-bond donors (Lipinski definition) is 1. The Labute approximate surface area is 172 Å². The second-order valence-electron chi connectivity index (χ2n) is 7.30. The fraction of sp³-hybridized carbons (Fsp3) is 0.600. The topological polar surface area (TPSA) is 60.4 Å². The lowest BCUT2D eigenvalue weighted by molar-refractivity contribution is -0.130. The summed E-state index contributed by atoms with van der Waals surface area (Å²) in [4.78, 5) is 23.4. The van der Waals surface area contributed by atoms with Crippen LogP contribution in [-0.4, -0.2) is 88.2 Å². The van der Waals surface area contributed by atoms with Gasteiger partial charge in [0.15, 0.2) is 5.96 Å². The molecule has 28 heavy (non-hydrogen) atoms. The molecule has 0 saturated carbocycles. The highest BCUT2D eigenvalue weighted by molar-refractivity contribution is 6.30. The number of aliphatic imine (C=N–C) groups is 1.